The molecule has 1 aliphatic rings. The topological polar surface area (TPSA) is 89.0 Å². The molecule has 1 aromatic heterocycles. The molecule has 158 valence electrons. The van der Waals surface area contributed by atoms with Gasteiger partial charge in [-0.1, -0.05) is 13.8 Å². The predicted octanol–water partition coefficient (Wildman–Crippen LogP) is 3.18. The average Bonchev–Trinajstić information content (AvgIpc) is 3.01. The van der Waals surface area contributed by atoms with Crippen molar-refractivity contribution in [3.63, 3.8) is 0 Å². The highest BCUT2D eigenvalue weighted by Gasteiger charge is 2.45. The molecule has 30 heavy (non-hydrogen) atoms. The van der Waals surface area contributed by atoms with Crippen molar-refractivity contribution in [2.45, 2.75) is 19.9 Å². The van der Waals surface area contributed by atoms with Crippen LogP contribution in [0.3, 0.4) is 0 Å². The van der Waals surface area contributed by atoms with Gasteiger partial charge < -0.3 is 19.5 Å². The molecule has 0 spiro atoms. The van der Waals surface area contributed by atoms with Crippen LogP contribution in [0, 0.1) is 5.92 Å². The fourth-order valence-corrected chi connectivity index (χ4v) is 3.32. The van der Waals surface area contributed by atoms with Crippen LogP contribution in [-0.2, 0) is 14.3 Å². The highest BCUT2D eigenvalue weighted by atomic mass is 16.5. The SMILES string of the molecule is COCCN1C(=O)C(=O)/C(=C(/O)c2ccc(OCC(C)C)cc2)[C@H]1c1ccncc1. The molecule has 0 aliphatic carbocycles. The van der Waals surface area contributed by atoms with Crippen LogP contribution in [0.5, 0.6) is 5.75 Å². The number of pyridine rings is 1. The molecule has 1 fully saturated rings. The Balaban J connectivity index is 2.00. The number of ether oxygens (including phenoxy) is 2. The van der Waals surface area contributed by atoms with Crippen LogP contribution in [0.25, 0.3) is 5.76 Å². The molecule has 1 N–H and O–H groups in total. The molecule has 1 aliphatic heterocycles. The van der Waals surface area contributed by atoms with E-state index in [1.165, 1.54) is 12.0 Å². The summed E-state index contributed by atoms with van der Waals surface area (Å²) < 4.78 is 10.8. The third-order valence-electron chi connectivity index (χ3n) is 4.81. The van der Waals surface area contributed by atoms with E-state index >= 15 is 0 Å². The largest absolute Gasteiger partial charge is 0.507 e. The molecule has 7 heteroatoms. The van der Waals surface area contributed by atoms with Gasteiger partial charge in [0.2, 0.25) is 0 Å². The molecule has 1 aromatic carbocycles. The first-order chi connectivity index (χ1) is 14.4. The number of methoxy groups -OCH3 is 1. The van der Waals surface area contributed by atoms with E-state index in [4.69, 9.17) is 9.47 Å². The summed E-state index contributed by atoms with van der Waals surface area (Å²) in [5.74, 6) is -0.531. The van der Waals surface area contributed by atoms with Gasteiger partial charge in [0.05, 0.1) is 24.8 Å². The lowest BCUT2D eigenvalue weighted by molar-refractivity contribution is -0.140. The van der Waals surface area contributed by atoms with Crippen LogP contribution >= 0.6 is 0 Å². The summed E-state index contributed by atoms with van der Waals surface area (Å²) in [7, 11) is 1.53. The van der Waals surface area contributed by atoms with E-state index in [2.05, 4.69) is 18.8 Å². The molecule has 1 saturated heterocycles. The van der Waals surface area contributed by atoms with Crippen molar-refractivity contribution < 1.29 is 24.2 Å². The Hall–Kier alpha value is -3.19. The van der Waals surface area contributed by atoms with E-state index in [0.717, 1.165) is 0 Å². The molecule has 0 saturated carbocycles. The summed E-state index contributed by atoms with van der Waals surface area (Å²) in [6.45, 7) is 5.20. The van der Waals surface area contributed by atoms with Crippen LogP contribution in [-0.4, -0.2) is 53.5 Å². The monoisotopic (exact) mass is 410 g/mol. The number of likely N-dealkylation sites (tertiary alicyclic amines) is 1. The summed E-state index contributed by atoms with van der Waals surface area (Å²) in [5.41, 5.74) is 1.19. The number of amides is 1. The Morgan fingerprint density at radius 1 is 1.13 bits per heavy atom. The summed E-state index contributed by atoms with van der Waals surface area (Å²) in [6, 6.07) is 9.58. The zero-order valence-corrected chi connectivity index (χ0v) is 17.4. The van der Waals surface area contributed by atoms with Crippen molar-refractivity contribution in [1.82, 2.24) is 9.88 Å². The van der Waals surface area contributed by atoms with Gasteiger partial charge in [-0.05, 0) is 47.9 Å². The normalized spacial score (nSPS) is 18.3. The number of Topliss-reactive ketones (excluding diaryl/α,β-unsaturated/α-hetero) is 1. The smallest absolute Gasteiger partial charge is 0.295 e. The van der Waals surface area contributed by atoms with Crippen LogP contribution in [0.4, 0.5) is 0 Å². The lowest BCUT2D eigenvalue weighted by atomic mass is 9.96. The third-order valence-corrected chi connectivity index (χ3v) is 4.81. The van der Waals surface area contributed by atoms with Gasteiger partial charge in [-0.3, -0.25) is 14.6 Å². The predicted molar refractivity (Wildman–Crippen MR) is 112 cm³/mol. The minimum atomic E-state index is -0.717. The molecule has 3 rings (SSSR count). The average molecular weight is 410 g/mol. The van der Waals surface area contributed by atoms with Crippen molar-refractivity contribution in [2.24, 2.45) is 5.92 Å². The van der Waals surface area contributed by atoms with Crippen molar-refractivity contribution in [1.29, 1.82) is 0 Å². The maximum absolute atomic E-state index is 12.8. The van der Waals surface area contributed by atoms with E-state index in [9.17, 15) is 14.7 Å². The number of benzene rings is 1. The van der Waals surface area contributed by atoms with Crippen LogP contribution < -0.4 is 4.74 Å². The summed E-state index contributed by atoms with van der Waals surface area (Å²) in [6.07, 6.45) is 3.18. The quantitative estimate of drug-likeness (QED) is 0.408. The van der Waals surface area contributed by atoms with E-state index < -0.39 is 17.7 Å². The van der Waals surface area contributed by atoms with Gasteiger partial charge in [0.15, 0.2) is 0 Å². The van der Waals surface area contributed by atoms with Crippen LogP contribution in [0.15, 0.2) is 54.4 Å². The second-order valence-electron chi connectivity index (χ2n) is 7.50. The van der Waals surface area contributed by atoms with Gasteiger partial charge in [-0.25, -0.2) is 0 Å². The Kier molecular flexibility index (Phi) is 6.84. The Bertz CT molecular complexity index is 922. The summed E-state index contributed by atoms with van der Waals surface area (Å²) in [4.78, 5) is 30.9. The molecule has 0 bridgehead atoms. The molecule has 2 heterocycles. The Morgan fingerprint density at radius 3 is 2.40 bits per heavy atom. The van der Waals surface area contributed by atoms with Crippen molar-refractivity contribution in [3.05, 3.63) is 65.5 Å². The number of carbonyl (C=O) groups excluding carboxylic acids is 2. The zero-order valence-electron chi connectivity index (χ0n) is 17.4. The first-order valence-electron chi connectivity index (χ1n) is 9.84. The molecular formula is C23H26N2O5. The lowest BCUT2D eigenvalue weighted by Gasteiger charge is -2.24. The number of carbonyl (C=O) groups is 2. The molecule has 1 atom stereocenters. The van der Waals surface area contributed by atoms with Gasteiger partial charge in [0, 0.05) is 31.6 Å². The summed E-state index contributed by atoms with van der Waals surface area (Å²) >= 11 is 0. The van der Waals surface area contributed by atoms with E-state index in [0.29, 0.717) is 29.4 Å². The maximum atomic E-state index is 12.8. The standard InChI is InChI=1S/C23H26N2O5/c1-15(2)14-30-18-6-4-17(5-7-18)21(26)19-20(16-8-10-24-11-9-16)25(12-13-29-3)23(28)22(19)27/h4-11,15,20,26H,12-14H2,1-3H3/b21-19+/t20-/m1/s1. The van der Waals surface area contributed by atoms with Crippen LogP contribution in [0.2, 0.25) is 0 Å². The van der Waals surface area contributed by atoms with Gasteiger partial charge >= 0.3 is 0 Å². The number of hydrogen-bond acceptors (Lipinski definition) is 6. The number of aromatic nitrogens is 1. The fraction of sp³-hybridized carbons (Fsp3) is 0.348. The number of aliphatic hydroxyl groups is 1. The Morgan fingerprint density at radius 2 is 1.80 bits per heavy atom. The Labute approximate surface area is 175 Å². The minimum absolute atomic E-state index is 0.0538. The number of ketones is 1. The maximum Gasteiger partial charge on any atom is 0.295 e. The van der Waals surface area contributed by atoms with Crippen molar-refractivity contribution >= 4 is 17.4 Å². The number of aliphatic hydroxyl groups excluding tert-OH is 1. The molecule has 1 amide bonds. The number of rotatable bonds is 8. The van der Waals surface area contributed by atoms with Gasteiger partial charge in [0.25, 0.3) is 11.7 Å². The molecule has 0 unspecified atom stereocenters. The molecular weight excluding hydrogens is 384 g/mol. The minimum Gasteiger partial charge on any atom is -0.507 e. The van der Waals surface area contributed by atoms with Crippen molar-refractivity contribution in [3.8, 4) is 5.75 Å². The van der Waals surface area contributed by atoms with E-state index in [1.54, 1.807) is 48.8 Å². The third kappa shape index (κ3) is 4.52. The van der Waals surface area contributed by atoms with E-state index in [1.807, 2.05) is 0 Å². The second-order valence-corrected chi connectivity index (χ2v) is 7.50. The first-order valence-corrected chi connectivity index (χ1v) is 9.84. The lowest BCUT2D eigenvalue weighted by Crippen LogP contribution is -2.32. The van der Waals surface area contributed by atoms with Gasteiger partial charge in [-0.15, -0.1) is 0 Å². The second kappa shape index (κ2) is 9.54. The van der Waals surface area contributed by atoms with Gasteiger partial charge in [0.1, 0.15) is 11.5 Å². The zero-order chi connectivity index (χ0) is 21.7. The van der Waals surface area contributed by atoms with Crippen molar-refractivity contribution in [2.75, 3.05) is 26.9 Å². The van der Waals surface area contributed by atoms with E-state index in [-0.39, 0.29) is 24.5 Å². The molecule has 7 nitrogen and oxygen atoms in total. The van der Waals surface area contributed by atoms with Crippen LogP contribution in [0.1, 0.15) is 31.0 Å². The molecule has 2 aromatic rings. The first kappa shape index (κ1) is 21.5. The molecule has 0 radical (unpaired) electrons. The fourth-order valence-electron chi connectivity index (χ4n) is 3.32. The number of hydrogen-bond donors (Lipinski definition) is 1. The van der Waals surface area contributed by atoms with Gasteiger partial charge in [-0.2, -0.15) is 0 Å². The highest BCUT2D eigenvalue weighted by molar-refractivity contribution is 6.46. The number of nitrogens with zero attached hydrogens (tertiary/aromatic N) is 2. The highest BCUT2D eigenvalue weighted by Crippen LogP contribution is 2.39. The summed E-state index contributed by atoms with van der Waals surface area (Å²) in [5, 5.41) is 11.0.